The molecule has 0 heterocycles. The predicted octanol–water partition coefficient (Wildman–Crippen LogP) is 2.72. The number of hydrogen-bond donors (Lipinski definition) is 2. The van der Waals surface area contributed by atoms with Crippen LogP contribution in [0.5, 0.6) is 0 Å². The normalized spacial score (nSPS) is 29.2. The van der Waals surface area contributed by atoms with Crippen LogP contribution in [-0.2, 0) is 6.54 Å². The Bertz CT molecular complexity index is 338. The Labute approximate surface area is 104 Å². The average molecular weight is 233 g/mol. The van der Waals surface area contributed by atoms with Crippen molar-refractivity contribution in [1.82, 2.24) is 5.32 Å². The van der Waals surface area contributed by atoms with Gasteiger partial charge in [-0.25, -0.2) is 0 Å². The van der Waals surface area contributed by atoms with Gasteiger partial charge in [0.1, 0.15) is 0 Å². The highest BCUT2D eigenvalue weighted by Crippen LogP contribution is 2.31. The number of aliphatic hydroxyl groups is 1. The van der Waals surface area contributed by atoms with Crippen molar-refractivity contribution in [3.05, 3.63) is 35.9 Å². The fourth-order valence-corrected chi connectivity index (χ4v) is 2.83. The van der Waals surface area contributed by atoms with Crippen molar-refractivity contribution in [2.24, 2.45) is 5.92 Å². The third-order valence-electron chi connectivity index (χ3n) is 3.69. The zero-order valence-electron chi connectivity index (χ0n) is 10.7. The van der Waals surface area contributed by atoms with E-state index in [0.29, 0.717) is 12.5 Å². The molecule has 17 heavy (non-hydrogen) atoms. The number of nitrogens with one attached hydrogen (secondary N) is 1. The topological polar surface area (TPSA) is 32.3 Å². The van der Waals surface area contributed by atoms with Crippen molar-refractivity contribution < 1.29 is 5.11 Å². The lowest BCUT2D eigenvalue weighted by molar-refractivity contribution is -0.0119. The predicted molar refractivity (Wildman–Crippen MR) is 70.7 cm³/mol. The van der Waals surface area contributed by atoms with E-state index in [1.54, 1.807) is 0 Å². The third kappa shape index (κ3) is 3.83. The van der Waals surface area contributed by atoms with Crippen molar-refractivity contribution in [3.63, 3.8) is 0 Å². The minimum absolute atomic E-state index is 0.480. The Balaban J connectivity index is 1.78. The molecule has 94 valence electrons. The second-order valence-corrected chi connectivity index (χ2v) is 5.52. The van der Waals surface area contributed by atoms with Crippen molar-refractivity contribution in [3.8, 4) is 0 Å². The van der Waals surface area contributed by atoms with E-state index in [4.69, 9.17) is 0 Å². The highest BCUT2D eigenvalue weighted by Gasteiger charge is 2.31. The largest absolute Gasteiger partial charge is 0.389 e. The number of benzene rings is 1. The molecule has 1 aromatic carbocycles. The third-order valence-corrected chi connectivity index (χ3v) is 3.69. The summed E-state index contributed by atoms with van der Waals surface area (Å²) in [6.07, 6.45) is 4.31. The molecule has 1 aliphatic carbocycles. The van der Waals surface area contributed by atoms with Gasteiger partial charge in [0.05, 0.1) is 5.60 Å². The molecule has 2 nitrogen and oxygen atoms in total. The summed E-state index contributed by atoms with van der Waals surface area (Å²) in [5.41, 5.74) is 0.798. The van der Waals surface area contributed by atoms with E-state index in [9.17, 15) is 5.11 Å². The molecule has 0 saturated heterocycles. The van der Waals surface area contributed by atoms with Crippen LogP contribution in [0.3, 0.4) is 0 Å². The molecule has 2 rings (SSSR count). The molecular weight excluding hydrogens is 210 g/mol. The van der Waals surface area contributed by atoms with E-state index in [0.717, 1.165) is 25.8 Å². The standard InChI is InChI=1S/C15H23NO/c1-13-6-5-9-15(17,10-13)12-16-11-14-7-3-2-4-8-14/h2-4,7-8,13,16-17H,5-6,9-12H2,1H3/t13-,15-/m0/s1. The van der Waals surface area contributed by atoms with Crippen LogP contribution in [0.4, 0.5) is 0 Å². The van der Waals surface area contributed by atoms with E-state index < -0.39 is 5.60 Å². The van der Waals surface area contributed by atoms with E-state index in [1.165, 1.54) is 12.0 Å². The SMILES string of the molecule is C[C@H]1CCC[C@@](O)(CNCc2ccccc2)C1. The van der Waals surface area contributed by atoms with Crippen LogP contribution in [0.15, 0.2) is 30.3 Å². The van der Waals surface area contributed by atoms with Crippen LogP contribution in [-0.4, -0.2) is 17.3 Å². The Hall–Kier alpha value is -0.860. The Morgan fingerprint density at radius 3 is 2.82 bits per heavy atom. The molecule has 2 atom stereocenters. The van der Waals surface area contributed by atoms with Gasteiger partial charge < -0.3 is 10.4 Å². The Kier molecular flexibility index (Phi) is 4.19. The van der Waals surface area contributed by atoms with Crippen molar-refractivity contribution >= 4 is 0 Å². The molecule has 2 heteroatoms. The average Bonchev–Trinajstić information content (AvgIpc) is 2.30. The second kappa shape index (κ2) is 5.65. The maximum absolute atomic E-state index is 10.5. The highest BCUT2D eigenvalue weighted by atomic mass is 16.3. The molecule has 1 aromatic rings. The van der Waals surface area contributed by atoms with Gasteiger partial charge in [-0.2, -0.15) is 0 Å². The second-order valence-electron chi connectivity index (χ2n) is 5.52. The van der Waals surface area contributed by atoms with Gasteiger partial charge in [-0.1, -0.05) is 50.1 Å². The fraction of sp³-hybridized carbons (Fsp3) is 0.600. The molecule has 2 N–H and O–H groups in total. The minimum Gasteiger partial charge on any atom is -0.389 e. The lowest BCUT2D eigenvalue weighted by Crippen LogP contribution is -2.43. The lowest BCUT2D eigenvalue weighted by atomic mass is 9.79. The van der Waals surface area contributed by atoms with E-state index in [2.05, 4.69) is 36.5 Å². The monoisotopic (exact) mass is 233 g/mol. The molecule has 1 saturated carbocycles. The van der Waals surface area contributed by atoms with Gasteiger partial charge in [0.25, 0.3) is 0 Å². The van der Waals surface area contributed by atoms with E-state index >= 15 is 0 Å². The molecular formula is C15H23NO. The molecule has 0 aliphatic heterocycles. The van der Waals surface area contributed by atoms with Crippen LogP contribution in [0, 0.1) is 5.92 Å². The van der Waals surface area contributed by atoms with Crippen LogP contribution in [0.2, 0.25) is 0 Å². The fourth-order valence-electron chi connectivity index (χ4n) is 2.83. The summed E-state index contributed by atoms with van der Waals surface area (Å²) in [6.45, 7) is 3.80. The minimum atomic E-state index is -0.480. The molecule has 0 unspecified atom stereocenters. The zero-order valence-corrected chi connectivity index (χ0v) is 10.7. The summed E-state index contributed by atoms with van der Waals surface area (Å²) in [5, 5.41) is 13.8. The van der Waals surface area contributed by atoms with E-state index in [-0.39, 0.29) is 0 Å². The van der Waals surface area contributed by atoms with Gasteiger partial charge in [-0.3, -0.25) is 0 Å². The van der Waals surface area contributed by atoms with E-state index in [1.807, 2.05) is 6.07 Å². The van der Waals surface area contributed by atoms with Crippen molar-refractivity contribution in [2.45, 2.75) is 44.8 Å². The summed E-state index contributed by atoms with van der Waals surface area (Å²) >= 11 is 0. The number of rotatable bonds is 4. The summed E-state index contributed by atoms with van der Waals surface area (Å²) in [4.78, 5) is 0. The molecule has 1 fully saturated rings. The first-order valence-electron chi connectivity index (χ1n) is 6.65. The molecule has 0 spiro atoms. The Morgan fingerprint density at radius 1 is 1.35 bits per heavy atom. The molecule has 0 bridgehead atoms. The molecule has 1 aliphatic rings. The first-order valence-corrected chi connectivity index (χ1v) is 6.65. The summed E-state index contributed by atoms with van der Waals surface area (Å²) < 4.78 is 0. The lowest BCUT2D eigenvalue weighted by Gasteiger charge is -2.35. The summed E-state index contributed by atoms with van der Waals surface area (Å²) in [5.74, 6) is 0.660. The molecule has 0 aromatic heterocycles. The van der Waals surface area contributed by atoms with Crippen molar-refractivity contribution in [2.75, 3.05) is 6.54 Å². The van der Waals surface area contributed by atoms with Gasteiger partial charge in [-0.05, 0) is 24.3 Å². The van der Waals surface area contributed by atoms with Crippen LogP contribution < -0.4 is 5.32 Å². The van der Waals surface area contributed by atoms with Gasteiger partial charge in [-0.15, -0.1) is 0 Å². The quantitative estimate of drug-likeness (QED) is 0.838. The van der Waals surface area contributed by atoms with Crippen LogP contribution >= 0.6 is 0 Å². The Morgan fingerprint density at radius 2 is 2.12 bits per heavy atom. The first-order chi connectivity index (χ1) is 8.18. The molecule has 0 radical (unpaired) electrons. The number of hydrogen-bond acceptors (Lipinski definition) is 2. The highest BCUT2D eigenvalue weighted by molar-refractivity contribution is 5.14. The molecule has 0 amide bonds. The maximum Gasteiger partial charge on any atom is 0.0774 e. The zero-order chi connectivity index (χ0) is 12.1. The van der Waals surface area contributed by atoms with Crippen LogP contribution in [0.1, 0.15) is 38.2 Å². The van der Waals surface area contributed by atoms with Crippen LogP contribution in [0.25, 0.3) is 0 Å². The van der Waals surface area contributed by atoms with Gasteiger partial charge >= 0.3 is 0 Å². The first kappa shape index (κ1) is 12.6. The maximum atomic E-state index is 10.5. The van der Waals surface area contributed by atoms with Gasteiger partial charge in [0, 0.05) is 13.1 Å². The summed E-state index contributed by atoms with van der Waals surface area (Å²) in [6, 6.07) is 10.4. The summed E-state index contributed by atoms with van der Waals surface area (Å²) in [7, 11) is 0. The van der Waals surface area contributed by atoms with Crippen molar-refractivity contribution in [1.29, 1.82) is 0 Å². The van der Waals surface area contributed by atoms with Gasteiger partial charge in [0.2, 0.25) is 0 Å². The smallest absolute Gasteiger partial charge is 0.0774 e. The van der Waals surface area contributed by atoms with Gasteiger partial charge in [0.15, 0.2) is 0 Å².